The number of anilines is 3. The van der Waals surface area contributed by atoms with Crippen molar-refractivity contribution >= 4 is 29.1 Å². The van der Waals surface area contributed by atoms with Gasteiger partial charge in [-0.25, -0.2) is 4.98 Å². The Labute approximate surface area is 165 Å². The van der Waals surface area contributed by atoms with Crippen LogP contribution >= 0.6 is 11.6 Å². The molecule has 0 amide bonds. The molecule has 0 bridgehead atoms. The Morgan fingerprint density at radius 3 is 2.52 bits per heavy atom. The van der Waals surface area contributed by atoms with E-state index in [1.807, 2.05) is 37.3 Å². The third-order valence-electron chi connectivity index (χ3n) is 4.55. The number of hydrogen-bond acceptors (Lipinski definition) is 5. The van der Waals surface area contributed by atoms with E-state index in [1.165, 1.54) is 0 Å². The van der Waals surface area contributed by atoms with Gasteiger partial charge in [0.1, 0.15) is 5.82 Å². The van der Waals surface area contributed by atoms with E-state index in [1.54, 1.807) is 12.4 Å². The molecule has 0 aliphatic rings. The summed E-state index contributed by atoms with van der Waals surface area (Å²) >= 11 is 6.31. The number of rotatable bonds is 6. The predicted octanol–water partition coefficient (Wildman–Crippen LogP) is 5.76. The first-order valence-electron chi connectivity index (χ1n) is 9.06. The van der Waals surface area contributed by atoms with Gasteiger partial charge in [0.15, 0.2) is 0 Å². The zero-order valence-electron chi connectivity index (χ0n) is 16.0. The molecule has 27 heavy (non-hydrogen) atoms. The normalized spacial score (nSPS) is 11.9. The van der Waals surface area contributed by atoms with Crippen LogP contribution in [0.3, 0.4) is 0 Å². The van der Waals surface area contributed by atoms with Crippen LogP contribution in [0.1, 0.15) is 31.4 Å². The van der Waals surface area contributed by atoms with Crippen LogP contribution in [0.2, 0.25) is 5.02 Å². The van der Waals surface area contributed by atoms with Gasteiger partial charge in [0.2, 0.25) is 5.95 Å². The third-order valence-corrected chi connectivity index (χ3v) is 4.96. The van der Waals surface area contributed by atoms with Gasteiger partial charge < -0.3 is 10.6 Å². The zero-order valence-corrected chi connectivity index (χ0v) is 16.8. The van der Waals surface area contributed by atoms with Crippen molar-refractivity contribution in [3.8, 4) is 11.3 Å². The molecule has 3 rings (SSSR count). The van der Waals surface area contributed by atoms with Crippen LogP contribution in [0.5, 0.6) is 0 Å². The predicted molar refractivity (Wildman–Crippen MR) is 113 cm³/mol. The van der Waals surface area contributed by atoms with Gasteiger partial charge in [0.25, 0.3) is 0 Å². The fraction of sp³-hybridized carbons (Fsp3) is 0.286. The Bertz CT molecular complexity index is 927. The Hall–Kier alpha value is -2.66. The summed E-state index contributed by atoms with van der Waals surface area (Å²) in [4.78, 5) is 13.4. The summed E-state index contributed by atoms with van der Waals surface area (Å²) in [6.07, 6.45) is 4.51. The largest absolute Gasteiger partial charge is 0.352 e. The summed E-state index contributed by atoms with van der Waals surface area (Å²) in [6, 6.07) is 10.0. The van der Waals surface area contributed by atoms with Crippen molar-refractivity contribution in [1.29, 1.82) is 0 Å². The number of nitrogens with one attached hydrogen (secondary N) is 2. The van der Waals surface area contributed by atoms with Crippen LogP contribution in [0.25, 0.3) is 11.3 Å². The van der Waals surface area contributed by atoms with E-state index in [0.29, 0.717) is 5.95 Å². The van der Waals surface area contributed by atoms with E-state index in [-0.39, 0.29) is 6.04 Å². The summed E-state index contributed by atoms with van der Waals surface area (Å²) < 4.78 is 0. The standard InChI is InChI=1S/C21H24ClN5/c1-5-14(3)24-21-25-18(16-8-10-23-11-9-16)12-19(27-21)26-20-13(2)6-7-17(22)15(20)4/h6-12,14H,5H2,1-4H3,(H2,24,25,26,27)/t14-/m1/s1. The molecule has 0 spiro atoms. The monoisotopic (exact) mass is 381 g/mol. The molecular weight excluding hydrogens is 358 g/mol. The molecule has 0 fully saturated rings. The van der Waals surface area contributed by atoms with E-state index in [2.05, 4.69) is 46.4 Å². The maximum atomic E-state index is 6.31. The van der Waals surface area contributed by atoms with E-state index in [0.717, 1.165) is 45.3 Å². The average Bonchev–Trinajstić information content (AvgIpc) is 2.68. The molecule has 1 aromatic carbocycles. The number of nitrogens with zero attached hydrogens (tertiary/aromatic N) is 3. The summed E-state index contributed by atoms with van der Waals surface area (Å²) in [5, 5.41) is 7.52. The molecule has 0 aliphatic heterocycles. The van der Waals surface area contributed by atoms with Crippen molar-refractivity contribution in [3.63, 3.8) is 0 Å². The second-order valence-electron chi connectivity index (χ2n) is 6.64. The lowest BCUT2D eigenvalue weighted by atomic mass is 10.1. The molecule has 2 N–H and O–H groups in total. The molecule has 0 aliphatic carbocycles. The first-order valence-corrected chi connectivity index (χ1v) is 9.44. The number of hydrogen-bond donors (Lipinski definition) is 2. The number of aryl methyl sites for hydroxylation is 1. The molecular formula is C21H24ClN5. The molecule has 5 nitrogen and oxygen atoms in total. The maximum absolute atomic E-state index is 6.31. The van der Waals surface area contributed by atoms with Gasteiger partial charge >= 0.3 is 0 Å². The summed E-state index contributed by atoms with van der Waals surface area (Å²) in [6.45, 7) is 8.29. The van der Waals surface area contributed by atoms with Crippen LogP contribution < -0.4 is 10.6 Å². The lowest BCUT2D eigenvalue weighted by Crippen LogP contribution is -2.16. The molecule has 1 atom stereocenters. The highest BCUT2D eigenvalue weighted by molar-refractivity contribution is 6.31. The van der Waals surface area contributed by atoms with E-state index >= 15 is 0 Å². The Morgan fingerprint density at radius 2 is 1.81 bits per heavy atom. The van der Waals surface area contributed by atoms with Crippen molar-refractivity contribution < 1.29 is 0 Å². The highest BCUT2D eigenvalue weighted by Crippen LogP contribution is 2.30. The van der Waals surface area contributed by atoms with Crippen molar-refractivity contribution in [1.82, 2.24) is 15.0 Å². The van der Waals surface area contributed by atoms with Crippen LogP contribution in [-0.4, -0.2) is 21.0 Å². The van der Waals surface area contributed by atoms with Crippen LogP contribution in [0.15, 0.2) is 42.7 Å². The Morgan fingerprint density at radius 1 is 1.07 bits per heavy atom. The fourth-order valence-electron chi connectivity index (χ4n) is 2.71. The lowest BCUT2D eigenvalue weighted by Gasteiger charge is -2.17. The molecule has 2 aromatic heterocycles. The molecule has 0 unspecified atom stereocenters. The molecule has 0 radical (unpaired) electrons. The van der Waals surface area contributed by atoms with Gasteiger partial charge in [-0.3, -0.25) is 4.98 Å². The number of pyridine rings is 1. The zero-order chi connectivity index (χ0) is 19.4. The summed E-state index contributed by atoms with van der Waals surface area (Å²) in [7, 11) is 0. The molecule has 6 heteroatoms. The van der Waals surface area contributed by atoms with Crippen molar-refractivity contribution in [2.45, 2.75) is 40.2 Å². The molecule has 140 valence electrons. The van der Waals surface area contributed by atoms with Crippen molar-refractivity contribution in [3.05, 3.63) is 58.9 Å². The molecule has 2 heterocycles. The Kier molecular flexibility index (Phi) is 5.91. The fourth-order valence-corrected chi connectivity index (χ4v) is 2.87. The quantitative estimate of drug-likeness (QED) is 0.568. The van der Waals surface area contributed by atoms with Gasteiger partial charge in [-0.1, -0.05) is 24.6 Å². The van der Waals surface area contributed by atoms with Crippen LogP contribution in [-0.2, 0) is 0 Å². The second kappa shape index (κ2) is 8.35. The number of halogens is 1. The van der Waals surface area contributed by atoms with E-state index in [9.17, 15) is 0 Å². The Balaban J connectivity index is 2.04. The SMILES string of the molecule is CC[C@@H](C)Nc1nc(Nc2c(C)ccc(Cl)c2C)cc(-c2ccncc2)n1. The number of benzene rings is 1. The van der Waals surface area contributed by atoms with Crippen LogP contribution in [0.4, 0.5) is 17.5 Å². The molecule has 0 saturated heterocycles. The third kappa shape index (κ3) is 4.55. The van der Waals surface area contributed by atoms with Gasteiger partial charge in [0.05, 0.1) is 5.69 Å². The minimum atomic E-state index is 0.278. The van der Waals surface area contributed by atoms with Gasteiger partial charge in [0, 0.05) is 40.8 Å². The lowest BCUT2D eigenvalue weighted by molar-refractivity contribution is 0.753. The second-order valence-corrected chi connectivity index (χ2v) is 7.05. The smallest absolute Gasteiger partial charge is 0.225 e. The highest BCUT2D eigenvalue weighted by Gasteiger charge is 2.12. The highest BCUT2D eigenvalue weighted by atomic mass is 35.5. The average molecular weight is 382 g/mol. The van der Waals surface area contributed by atoms with Crippen molar-refractivity contribution in [2.75, 3.05) is 10.6 Å². The first-order chi connectivity index (χ1) is 13.0. The number of aromatic nitrogens is 3. The van der Waals surface area contributed by atoms with Gasteiger partial charge in [-0.05, 0) is 56.5 Å². The summed E-state index contributed by atoms with van der Waals surface area (Å²) in [5.74, 6) is 1.31. The molecule has 0 saturated carbocycles. The van der Waals surface area contributed by atoms with E-state index < -0.39 is 0 Å². The topological polar surface area (TPSA) is 62.7 Å². The van der Waals surface area contributed by atoms with Crippen molar-refractivity contribution in [2.24, 2.45) is 0 Å². The van der Waals surface area contributed by atoms with E-state index in [4.69, 9.17) is 11.6 Å². The minimum Gasteiger partial charge on any atom is -0.352 e. The summed E-state index contributed by atoms with van der Waals surface area (Å²) in [5.41, 5.74) is 4.89. The van der Waals surface area contributed by atoms with Gasteiger partial charge in [-0.2, -0.15) is 4.98 Å². The molecule has 3 aromatic rings. The first kappa shape index (κ1) is 19.1. The minimum absolute atomic E-state index is 0.278. The maximum Gasteiger partial charge on any atom is 0.225 e. The van der Waals surface area contributed by atoms with Gasteiger partial charge in [-0.15, -0.1) is 0 Å². The van der Waals surface area contributed by atoms with Crippen LogP contribution in [0, 0.1) is 13.8 Å².